The van der Waals surface area contributed by atoms with Crippen molar-refractivity contribution >= 4 is 33.8 Å². The maximum atomic E-state index is 12.7. The van der Waals surface area contributed by atoms with Crippen LogP contribution in [0, 0.1) is 19.8 Å². The molecular weight excluding hydrogens is 446 g/mol. The molecule has 35 heavy (non-hydrogen) atoms. The second-order valence-corrected chi connectivity index (χ2v) is 9.32. The van der Waals surface area contributed by atoms with E-state index in [1.54, 1.807) is 6.07 Å². The summed E-state index contributed by atoms with van der Waals surface area (Å²) in [5.41, 5.74) is 3.71. The van der Waals surface area contributed by atoms with Gasteiger partial charge in [0.2, 0.25) is 5.91 Å². The topological polar surface area (TPSA) is 110 Å². The molecule has 0 fully saturated rings. The number of rotatable bonds is 8. The predicted molar refractivity (Wildman–Crippen MR) is 135 cm³/mol. The predicted octanol–water partition coefficient (Wildman–Crippen LogP) is 5.37. The first-order chi connectivity index (χ1) is 16.7. The van der Waals surface area contributed by atoms with Crippen molar-refractivity contribution in [2.45, 2.75) is 53.0 Å². The van der Waals surface area contributed by atoms with Gasteiger partial charge < -0.3 is 19.3 Å². The second kappa shape index (κ2) is 9.78. The molecule has 0 unspecified atom stereocenters. The van der Waals surface area contributed by atoms with E-state index in [4.69, 9.17) is 8.83 Å². The molecule has 2 N–H and O–H groups in total. The van der Waals surface area contributed by atoms with Gasteiger partial charge in [-0.25, -0.2) is 9.59 Å². The minimum Gasteiger partial charge on any atom is -0.480 e. The fourth-order valence-corrected chi connectivity index (χ4v) is 4.55. The van der Waals surface area contributed by atoms with Crippen LogP contribution in [0.3, 0.4) is 0 Å². The number of carboxylic acid groups (broad SMARTS) is 1. The molecule has 2 heterocycles. The summed E-state index contributed by atoms with van der Waals surface area (Å²) < 4.78 is 11.6. The molecule has 4 aromatic rings. The SMILES string of the molecule is Cc1oc2cc3oc(=O)c(CCC(=O)N[C@@H](CC(C)C)C(=O)O)c(C)c3cc2c1-c1ccccc1. The largest absolute Gasteiger partial charge is 0.480 e. The Kier molecular flexibility index (Phi) is 6.78. The minimum atomic E-state index is -1.07. The summed E-state index contributed by atoms with van der Waals surface area (Å²) in [4.78, 5) is 36.7. The van der Waals surface area contributed by atoms with Crippen LogP contribution in [0.2, 0.25) is 0 Å². The van der Waals surface area contributed by atoms with Gasteiger partial charge in [0.1, 0.15) is 23.0 Å². The van der Waals surface area contributed by atoms with Gasteiger partial charge in [-0.1, -0.05) is 44.2 Å². The number of furan rings is 1. The number of hydrogen-bond acceptors (Lipinski definition) is 5. The third kappa shape index (κ3) is 4.99. The van der Waals surface area contributed by atoms with Gasteiger partial charge in [0, 0.05) is 34.4 Å². The lowest BCUT2D eigenvalue weighted by atomic mass is 9.98. The number of hydrogen-bond donors (Lipinski definition) is 2. The Bertz CT molecular complexity index is 1460. The Morgan fingerprint density at radius 3 is 2.34 bits per heavy atom. The van der Waals surface area contributed by atoms with E-state index in [-0.39, 0.29) is 18.8 Å². The molecule has 2 aromatic carbocycles. The molecule has 0 aliphatic carbocycles. The molecule has 0 aliphatic heterocycles. The second-order valence-electron chi connectivity index (χ2n) is 9.32. The number of fused-ring (bicyclic) bond motifs is 2. The highest BCUT2D eigenvalue weighted by molar-refractivity contribution is 6.03. The lowest BCUT2D eigenvalue weighted by Gasteiger charge is -2.16. The average Bonchev–Trinajstić information content (AvgIpc) is 3.12. The van der Waals surface area contributed by atoms with E-state index in [1.165, 1.54) is 0 Å². The minimum absolute atomic E-state index is 0.0126. The van der Waals surface area contributed by atoms with Gasteiger partial charge in [-0.3, -0.25) is 4.79 Å². The lowest BCUT2D eigenvalue weighted by Crippen LogP contribution is -2.41. The van der Waals surface area contributed by atoms with Crippen molar-refractivity contribution in [2.24, 2.45) is 5.92 Å². The van der Waals surface area contributed by atoms with Crippen molar-refractivity contribution in [3.8, 4) is 11.1 Å². The highest BCUT2D eigenvalue weighted by Crippen LogP contribution is 2.37. The van der Waals surface area contributed by atoms with Crippen molar-refractivity contribution < 1.29 is 23.5 Å². The Balaban J connectivity index is 1.67. The molecule has 1 amide bonds. The number of carbonyl (C=O) groups is 2. The van der Waals surface area contributed by atoms with Gasteiger partial charge in [0.05, 0.1) is 0 Å². The summed E-state index contributed by atoms with van der Waals surface area (Å²) in [6.45, 7) is 7.54. The summed E-state index contributed by atoms with van der Waals surface area (Å²) in [5.74, 6) is -0.588. The van der Waals surface area contributed by atoms with Gasteiger partial charge in [-0.15, -0.1) is 0 Å². The van der Waals surface area contributed by atoms with E-state index in [0.29, 0.717) is 23.2 Å². The van der Waals surface area contributed by atoms with Crippen LogP contribution < -0.4 is 10.9 Å². The number of amides is 1. The van der Waals surface area contributed by atoms with E-state index < -0.39 is 23.5 Å². The first-order valence-corrected chi connectivity index (χ1v) is 11.7. The highest BCUT2D eigenvalue weighted by atomic mass is 16.4. The Morgan fingerprint density at radius 1 is 1.00 bits per heavy atom. The van der Waals surface area contributed by atoms with Crippen LogP contribution in [0.4, 0.5) is 0 Å². The van der Waals surface area contributed by atoms with Gasteiger partial charge in [0.15, 0.2) is 0 Å². The molecule has 0 radical (unpaired) electrons. The van der Waals surface area contributed by atoms with E-state index >= 15 is 0 Å². The smallest absolute Gasteiger partial charge is 0.339 e. The third-order valence-electron chi connectivity index (χ3n) is 6.28. The van der Waals surface area contributed by atoms with Crippen molar-refractivity contribution in [2.75, 3.05) is 0 Å². The quantitative estimate of drug-likeness (QED) is 0.332. The maximum Gasteiger partial charge on any atom is 0.339 e. The summed E-state index contributed by atoms with van der Waals surface area (Å²) in [5, 5.41) is 13.6. The zero-order chi connectivity index (χ0) is 25.3. The van der Waals surface area contributed by atoms with Crippen molar-refractivity contribution in [3.05, 3.63) is 69.8 Å². The highest BCUT2D eigenvalue weighted by Gasteiger charge is 2.22. The third-order valence-corrected chi connectivity index (χ3v) is 6.28. The van der Waals surface area contributed by atoms with Gasteiger partial charge in [-0.05, 0) is 49.8 Å². The van der Waals surface area contributed by atoms with Crippen molar-refractivity contribution in [1.29, 1.82) is 0 Å². The molecular formula is C28H29NO6. The van der Waals surface area contributed by atoms with Gasteiger partial charge in [-0.2, -0.15) is 0 Å². The average molecular weight is 476 g/mol. The first kappa shape index (κ1) is 24.3. The number of nitrogens with one attached hydrogen (secondary N) is 1. The van der Waals surface area contributed by atoms with E-state index in [1.807, 2.05) is 64.1 Å². The molecule has 7 nitrogen and oxygen atoms in total. The Hall–Kier alpha value is -3.87. The number of carbonyl (C=O) groups excluding carboxylic acids is 1. The van der Waals surface area contributed by atoms with Crippen LogP contribution in [0.25, 0.3) is 33.1 Å². The molecule has 4 rings (SSSR count). The van der Waals surface area contributed by atoms with Crippen molar-refractivity contribution in [1.82, 2.24) is 5.32 Å². The number of carboxylic acids is 1. The first-order valence-electron chi connectivity index (χ1n) is 11.7. The molecule has 0 aliphatic rings. The Morgan fingerprint density at radius 2 is 1.69 bits per heavy atom. The van der Waals surface area contributed by atoms with E-state index in [0.717, 1.165) is 33.2 Å². The van der Waals surface area contributed by atoms with Crippen LogP contribution in [-0.2, 0) is 16.0 Å². The molecule has 2 aromatic heterocycles. The summed E-state index contributed by atoms with van der Waals surface area (Å²) in [6.07, 6.45) is 0.474. The Labute approximate surface area is 202 Å². The zero-order valence-corrected chi connectivity index (χ0v) is 20.3. The monoisotopic (exact) mass is 475 g/mol. The molecule has 0 saturated carbocycles. The molecule has 1 atom stereocenters. The maximum absolute atomic E-state index is 12.7. The van der Waals surface area contributed by atoms with E-state index in [9.17, 15) is 19.5 Å². The van der Waals surface area contributed by atoms with Crippen LogP contribution in [-0.4, -0.2) is 23.0 Å². The standard InChI is InChI=1S/C28H29NO6/c1-15(2)12-22(27(31)32)29-25(30)11-10-19-16(3)20-13-21-24(14-23(20)35-28(19)33)34-17(4)26(21)18-8-6-5-7-9-18/h5-9,13-15,22H,10-12H2,1-4H3,(H,29,30)(H,31,32)/t22-/m0/s1. The molecule has 7 heteroatoms. The van der Waals surface area contributed by atoms with Gasteiger partial charge >= 0.3 is 11.6 Å². The summed E-state index contributed by atoms with van der Waals surface area (Å²) >= 11 is 0. The van der Waals surface area contributed by atoms with Gasteiger partial charge in [0.25, 0.3) is 0 Å². The lowest BCUT2D eigenvalue weighted by molar-refractivity contribution is -0.142. The zero-order valence-electron chi connectivity index (χ0n) is 20.3. The van der Waals surface area contributed by atoms with Crippen LogP contribution in [0.5, 0.6) is 0 Å². The summed E-state index contributed by atoms with van der Waals surface area (Å²) in [7, 11) is 0. The van der Waals surface area contributed by atoms with Crippen LogP contribution in [0.1, 0.15) is 43.6 Å². The van der Waals surface area contributed by atoms with E-state index in [2.05, 4.69) is 5.32 Å². The van der Waals surface area contributed by atoms with Crippen LogP contribution in [0.15, 0.2) is 56.1 Å². The fraction of sp³-hybridized carbons (Fsp3) is 0.321. The molecule has 182 valence electrons. The van der Waals surface area contributed by atoms with Crippen molar-refractivity contribution in [3.63, 3.8) is 0 Å². The number of benzene rings is 2. The number of aliphatic carboxylic acids is 1. The molecule has 0 bridgehead atoms. The van der Waals surface area contributed by atoms with Crippen LogP contribution >= 0.6 is 0 Å². The normalized spacial score (nSPS) is 12.4. The summed E-state index contributed by atoms with van der Waals surface area (Å²) in [6, 6.07) is 12.7. The fourth-order valence-electron chi connectivity index (χ4n) is 4.55. The molecule has 0 saturated heterocycles. The molecule has 0 spiro atoms. The number of aryl methyl sites for hydroxylation is 2.